The van der Waals surface area contributed by atoms with E-state index >= 15 is 0 Å². The highest BCUT2D eigenvalue weighted by Gasteiger charge is 2.07. The molecule has 0 saturated carbocycles. The zero-order chi connectivity index (χ0) is 13.5. The van der Waals surface area contributed by atoms with Gasteiger partial charge in [0.1, 0.15) is 11.9 Å². The number of rotatable bonds is 8. The second kappa shape index (κ2) is 15.9. The third-order valence-corrected chi connectivity index (χ3v) is 3.14. The van der Waals surface area contributed by atoms with Crippen molar-refractivity contribution in [1.82, 2.24) is 0 Å². The van der Waals surface area contributed by atoms with Crippen molar-refractivity contribution in [1.29, 1.82) is 0 Å². The van der Waals surface area contributed by atoms with Crippen LogP contribution in [0.1, 0.15) is 26.7 Å². The van der Waals surface area contributed by atoms with Crippen molar-refractivity contribution < 1.29 is 14.3 Å². The van der Waals surface area contributed by atoms with E-state index in [1.165, 1.54) is 6.92 Å². The van der Waals surface area contributed by atoms with Gasteiger partial charge in [0.2, 0.25) is 0 Å². The molecule has 2 N–H and O–H groups in total. The van der Waals surface area contributed by atoms with Gasteiger partial charge in [0.05, 0.1) is 0 Å². The molecule has 0 amide bonds. The standard InChI is InChI=1S/C9H13IO3S.C2H7N/c1-8(12)6-9(13-7-11)4-2-3-5-14-10;1-2-3/h2,4,7,9H,3,5-6H2,1H3;2-3H2,1H3/b4-2+;/t9-;/m1./s1. The summed E-state index contributed by atoms with van der Waals surface area (Å²) >= 11 is 2.22. The summed E-state index contributed by atoms with van der Waals surface area (Å²) in [6.45, 7) is 4.51. The maximum Gasteiger partial charge on any atom is 0.293 e. The van der Waals surface area contributed by atoms with E-state index in [0.717, 1.165) is 18.7 Å². The Morgan fingerprint density at radius 2 is 2.18 bits per heavy atom. The molecule has 1 atom stereocenters. The topological polar surface area (TPSA) is 69.4 Å². The summed E-state index contributed by atoms with van der Waals surface area (Å²) in [5, 5.41) is 0. The van der Waals surface area contributed by atoms with Crippen molar-refractivity contribution in [3.63, 3.8) is 0 Å². The molecule has 0 fully saturated rings. The minimum Gasteiger partial charge on any atom is -0.460 e. The zero-order valence-electron chi connectivity index (χ0n) is 10.2. The van der Waals surface area contributed by atoms with Crippen LogP contribution in [-0.2, 0) is 14.3 Å². The van der Waals surface area contributed by atoms with Crippen molar-refractivity contribution in [2.75, 3.05) is 12.3 Å². The third kappa shape index (κ3) is 18.5. The SMILES string of the molecule is CC(=O)C[C@@H](/C=C/CCSI)OC=O.CCN. The predicted molar refractivity (Wildman–Crippen MR) is 81.2 cm³/mol. The largest absolute Gasteiger partial charge is 0.460 e. The zero-order valence-corrected chi connectivity index (χ0v) is 13.2. The Labute approximate surface area is 119 Å². The Kier molecular flexibility index (Phi) is 18.0. The number of halogens is 1. The van der Waals surface area contributed by atoms with Crippen molar-refractivity contribution in [2.24, 2.45) is 5.73 Å². The monoisotopic (exact) mass is 373 g/mol. The molecule has 0 aromatic rings. The van der Waals surface area contributed by atoms with Crippen LogP contribution in [0.4, 0.5) is 0 Å². The van der Waals surface area contributed by atoms with Gasteiger partial charge in [0.25, 0.3) is 6.47 Å². The summed E-state index contributed by atoms with van der Waals surface area (Å²) in [5.41, 5.74) is 4.85. The highest BCUT2D eigenvalue weighted by atomic mass is 127. The number of Topliss-reactive ketones (excluding diaryl/α,β-unsaturated/α-hetero) is 1. The molecule has 0 saturated heterocycles. The Hall–Kier alpha value is -0.0800. The van der Waals surface area contributed by atoms with Gasteiger partial charge in [-0.25, -0.2) is 0 Å². The van der Waals surface area contributed by atoms with Crippen LogP contribution in [0.15, 0.2) is 12.2 Å². The second-order valence-corrected chi connectivity index (χ2v) is 5.61. The van der Waals surface area contributed by atoms with Crippen LogP contribution in [0.3, 0.4) is 0 Å². The summed E-state index contributed by atoms with van der Waals surface area (Å²) < 4.78 is 4.74. The van der Waals surface area contributed by atoms with Gasteiger partial charge < -0.3 is 10.5 Å². The Morgan fingerprint density at radius 1 is 1.59 bits per heavy atom. The number of hydrogen-bond acceptors (Lipinski definition) is 5. The summed E-state index contributed by atoms with van der Waals surface area (Å²) in [4.78, 5) is 20.9. The average Bonchev–Trinajstić information content (AvgIpc) is 2.25. The van der Waals surface area contributed by atoms with E-state index in [2.05, 4.69) is 21.2 Å². The van der Waals surface area contributed by atoms with Crippen LogP contribution in [0.5, 0.6) is 0 Å². The number of hydrogen-bond donors (Lipinski definition) is 1. The lowest BCUT2D eigenvalue weighted by atomic mass is 10.2. The quantitative estimate of drug-likeness (QED) is 0.306. The predicted octanol–water partition coefficient (Wildman–Crippen LogP) is 2.50. The van der Waals surface area contributed by atoms with Crippen LogP contribution in [0.2, 0.25) is 0 Å². The molecular weight excluding hydrogens is 353 g/mol. The molecular formula is C11H20INO3S. The molecule has 4 nitrogen and oxygen atoms in total. The minimum absolute atomic E-state index is 0.0183. The molecule has 17 heavy (non-hydrogen) atoms. The fraction of sp³-hybridized carbons (Fsp3) is 0.636. The molecule has 100 valence electrons. The number of carbonyl (C=O) groups excluding carboxylic acids is 2. The number of carbonyl (C=O) groups is 2. The lowest BCUT2D eigenvalue weighted by Crippen LogP contribution is -2.12. The fourth-order valence-corrected chi connectivity index (χ4v) is 1.86. The first kappa shape index (κ1) is 19.3. The number of ketones is 1. The van der Waals surface area contributed by atoms with Crippen LogP contribution >= 0.6 is 30.1 Å². The molecule has 0 bridgehead atoms. The van der Waals surface area contributed by atoms with Crippen molar-refractivity contribution in [2.45, 2.75) is 32.8 Å². The maximum atomic E-state index is 10.8. The van der Waals surface area contributed by atoms with Crippen molar-refractivity contribution in [3.8, 4) is 0 Å². The molecule has 0 heterocycles. The van der Waals surface area contributed by atoms with E-state index in [1.54, 1.807) is 15.0 Å². The lowest BCUT2D eigenvalue weighted by molar-refractivity contribution is -0.133. The fourth-order valence-electron chi connectivity index (χ4n) is 0.877. The van der Waals surface area contributed by atoms with E-state index in [4.69, 9.17) is 10.5 Å². The average molecular weight is 373 g/mol. The van der Waals surface area contributed by atoms with Gasteiger partial charge in [-0.3, -0.25) is 9.59 Å². The molecule has 6 heteroatoms. The smallest absolute Gasteiger partial charge is 0.293 e. The summed E-state index contributed by atoms with van der Waals surface area (Å²) in [5.74, 6) is 1.04. The Bertz CT molecular complexity index is 225. The minimum atomic E-state index is -0.399. The molecule has 0 aliphatic heterocycles. The van der Waals surface area contributed by atoms with Gasteiger partial charge in [-0.2, -0.15) is 0 Å². The van der Waals surface area contributed by atoms with E-state index in [0.29, 0.717) is 6.47 Å². The molecule has 0 unspecified atom stereocenters. The van der Waals surface area contributed by atoms with Gasteiger partial charge in [0.15, 0.2) is 0 Å². The normalized spacial score (nSPS) is 11.5. The van der Waals surface area contributed by atoms with Crippen molar-refractivity contribution >= 4 is 42.4 Å². The number of allylic oxidation sites excluding steroid dienone is 1. The first-order valence-electron chi connectivity index (χ1n) is 5.31. The third-order valence-electron chi connectivity index (χ3n) is 1.43. The second-order valence-electron chi connectivity index (χ2n) is 3.12. The molecule has 0 aromatic heterocycles. The molecule has 0 spiro atoms. The van der Waals surface area contributed by atoms with E-state index in [-0.39, 0.29) is 12.2 Å². The summed E-state index contributed by atoms with van der Waals surface area (Å²) in [7, 11) is 1.72. The number of ether oxygens (including phenoxy) is 1. The Morgan fingerprint density at radius 3 is 2.59 bits per heavy atom. The lowest BCUT2D eigenvalue weighted by Gasteiger charge is -2.07. The highest BCUT2D eigenvalue weighted by molar-refractivity contribution is 14.2. The first-order valence-corrected chi connectivity index (χ1v) is 8.83. The number of nitrogens with two attached hydrogens (primary N) is 1. The van der Waals surface area contributed by atoms with E-state index in [9.17, 15) is 9.59 Å². The van der Waals surface area contributed by atoms with Gasteiger partial charge in [-0.15, -0.1) is 0 Å². The van der Waals surface area contributed by atoms with E-state index in [1.807, 2.05) is 13.0 Å². The first-order chi connectivity index (χ1) is 8.12. The Balaban J connectivity index is 0. The molecule has 0 aromatic carbocycles. The summed E-state index contributed by atoms with van der Waals surface area (Å²) in [6, 6.07) is 0. The van der Waals surface area contributed by atoms with Crippen LogP contribution in [-0.4, -0.2) is 30.7 Å². The van der Waals surface area contributed by atoms with Crippen LogP contribution < -0.4 is 5.73 Å². The van der Waals surface area contributed by atoms with E-state index < -0.39 is 6.10 Å². The molecule has 0 aliphatic rings. The molecule has 0 aliphatic carbocycles. The van der Waals surface area contributed by atoms with Crippen LogP contribution in [0.25, 0.3) is 0 Å². The van der Waals surface area contributed by atoms with Gasteiger partial charge in [0, 0.05) is 12.2 Å². The van der Waals surface area contributed by atoms with Crippen molar-refractivity contribution in [3.05, 3.63) is 12.2 Å². The molecule has 0 radical (unpaired) electrons. The maximum absolute atomic E-state index is 10.8. The highest BCUT2D eigenvalue weighted by Crippen LogP contribution is 2.12. The van der Waals surface area contributed by atoms with Gasteiger partial charge in [-0.1, -0.05) is 21.9 Å². The van der Waals surface area contributed by atoms with Gasteiger partial charge in [-0.05, 0) is 47.2 Å². The van der Waals surface area contributed by atoms with Crippen LogP contribution in [0, 0.1) is 0 Å². The molecule has 0 rings (SSSR count). The summed E-state index contributed by atoms with van der Waals surface area (Å²) in [6.07, 6.45) is 4.48. The van der Waals surface area contributed by atoms with Gasteiger partial charge >= 0.3 is 0 Å².